The Bertz CT molecular complexity index is 356. The molecule has 1 unspecified atom stereocenters. The standard InChI is InChI=1S/C14H21NO4/c1-3-18-14(16)13(15-2)11-17-9-10-19-12-7-5-4-6-8-12/h4-8,13,15H,3,9-11H2,1-2H3. The first kappa shape index (κ1) is 15.5. The van der Waals surface area contributed by atoms with E-state index in [1.807, 2.05) is 30.3 Å². The van der Waals surface area contributed by atoms with Gasteiger partial charge in [0.1, 0.15) is 18.4 Å². The third-order valence-corrected chi connectivity index (χ3v) is 2.44. The summed E-state index contributed by atoms with van der Waals surface area (Å²) in [7, 11) is 1.70. The second-order valence-corrected chi connectivity index (χ2v) is 3.83. The van der Waals surface area contributed by atoms with Crippen LogP contribution in [-0.4, -0.2) is 45.5 Å². The van der Waals surface area contributed by atoms with Crippen molar-refractivity contribution < 1.29 is 19.0 Å². The Kier molecular flexibility index (Phi) is 7.62. The number of hydrogen-bond acceptors (Lipinski definition) is 5. The van der Waals surface area contributed by atoms with Crippen LogP contribution < -0.4 is 10.1 Å². The van der Waals surface area contributed by atoms with Crippen molar-refractivity contribution in [1.29, 1.82) is 0 Å². The van der Waals surface area contributed by atoms with Crippen LogP contribution in [0.2, 0.25) is 0 Å². The fourth-order valence-corrected chi connectivity index (χ4v) is 1.45. The topological polar surface area (TPSA) is 56.8 Å². The van der Waals surface area contributed by atoms with Crippen LogP contribution >= 0.6 is 0 Å². The van der Waals surface area contributed by atoms with Gasteiger partial charge in [0.15, 0.2) is 0 Å². The Hall–Kier alpha value is -1.59. The minimum absolute atomic E-state index is 0.271. The Morgan fingerprint density at radius 1 is 1.26 bits per heavy atom. The first-order valence-corrected chi connectivity index (χ1v) is 6.37. The van der Waals surface area contributed by atoms with Gasteiger partial charge < -0.3 is 19.5 Å². The largest absolute Gasteiger partial charge is 0.491 e. The molecule has 5 heteroatoms. The Morgan fingerprint density at radius 3 is 2.63 bits per heavy atom. The van der Waals surface area contributed by atoms with Crippen LogP contribution in [0.3, 0.4) is 0 Å². The van der Waals surface area contributed by atoms with Crippen molar-refractivity contribution in [3.05, 3.63) is 30.3 Å². The second kappa shape index (κ2) is 9.35. The molecule has 0 spiro atoms. The summed E-state index contributed by atoms with van der Waals surface area (Å²) in [5.74, 6) is 0.510. The van der Waals surface area contributed by atoms with Crippen LogP contribution in [0.4, 0.5) is 0 Å². The van der Waals surface area contributed by atoms with Gasteiger partial charge in [0.2, 0.25) is 0 Å². The van der Waals surface area contributed by atoms with Gasteiger partial charge in [-0.1, -0.05) is 18.2 Å². The summed E-state index contributed by atoms with van der Waals surface area (Å²) in [6.45, 7) is 3.29. The highest BCUT2D eigenvalue weighted by molar-refractivity contribution is 5.75. The molecule has 5 nitrogen and oxygen atoms in total. The van der Waals surface area contributed by atoms with Gasteiger partial charge in [0, 0.05) is 0 Å². The lowest BCUT2D eigenvalue weighted by Gasteiger charge is -2.14. The molecule has 1 atom stereocenters. The highest BCUT2D eigenvalue weighted by Gasteiger charge is 2.17. The Labute approximate surface area is 113 Å². The molecular formula is C14H21NO4. The number of nitrogens with one attached hydrogen (secondary N) is 1. The molecule has 0 amide bonds. The fraction of sp³-hybridized carbons (Fsp3) is 0.500. The molecular weight excluding hydrogens is 246 g/mol. The Balaban J connectivity index is 2.14. The molecule has 0 radical (unpaired) electrons. The van der Waals surface area contributed by atoms with E-state index < -0.39 is 6.04 Å². The number of hydrogen-bond donors (Lipinski definition) is 1. The zero-order chi connectivity index (χ0) is 13.9. The van der Waals surface area contributed by atoms with E-state index in [9.17, 15) is 4.79 Å². The van der Waals surface area contributed by atoms with Gasteiger partial charge in [-0.05, 0) is 26.1 Å². The quantitative estimate of drug-likeness (QED) is 0.539. The number of rotatable bonds is 9. The molecule has 0 aliphatic heterocycles. The second-order valence-electron chi connectivity index (χ2n) is 3.83. The molecule has 0 fully saturated rings. The molecule has 1 aromatic rings. The maximum atomic E-state index is 11.5. The third kappa shape index (κ3) is 6.22. The van der Waals surface area contributed by atoms with Crippen molar-refractivity contribution in [2.24, 2.45) is 0 Å². The zero-order valence-electron chi connectivity index (χ0n) is 11.4. The normalized spacial score (nSPS) is 11.9. The molecule has 0 saturated carbocycles. The molecule has 1 rings (SSSR count). The monoisotopic (exact) mass is 267 g/mol. The highest BCUT2D eigenvalue weighted by atomic mass is 16.5. The average Bonchev–Trinajstić information content (AvgIpc) is 2.44. The van der Waals surface area contributed by atoms with Gasteiger partial charge in [0.25, 0.3) is 0 Å². The minimum atomic E-state index is -0.434. The van der Waals surface area contributed by atoms with Crippen LogP contribution in [0.1, 0.15) is 6.92 Å². The van der Waals surface area contributed by atoms with Crippen LogP contribution in [0.15, 0.2) is 30.3 Å². The summed E-state index contributed by atoms with van der Waals surface area (Å²) in [6.07, 6.45) is 0. The molecule has 0 aromatic heterocycles. The molecule has 0 saturated heterocycles. The van der Waals surface area contributed by atoms with E-state index in [0.29, 0.717) is 19.8 Å². The van der Waals surface area contributed by atoms with Gasteiger partial charge in [-0.2, -0.15) is 0 Å². The number of para-hydroxylation sites is 1. The lowest BCUT2D eigenvalue weighted by molar-refractivity contribution is -0.147. The zero-order valence-corrected chi connectivity index (χ0v) is 11.4. The van der Waals surface area contributed by atoms with E-state index >= 15 is 0 Å². The molecule has 19 heavy (non-hydrogen) atoms. The first-order chi connectivity index (χ1) is 9.27. The van der Waals surface area contributed by atoms with Crippen molar-refractivity contribution in [2.75, 3.05) is 33.5 Å². The van der Waals surface area contributed by atoms with Gasteiger partial charge in [-0.25, -0.2) is 0 Å². The van der Waals surface area contributed by atoms with E-state index in [-0.39, 0.29) is 12.6 Å². The fourth-order valence-electron chi connectivity index (χ4n) is 1.45. The molecule has 1 aromatic carbocycles. The number of ether oxygens (including phenoxy) is 3. The number of carbonyl (C=O) groups is 1. The maximum Gasteiger partial charge on any atom is 0.325 e. The highest BCUT2D eigenvalue weighted by Crippen LogP contribution is 2.07. The van der Waals surface area contributed by atoms with E-state index in [0.717, 1.165) is 5.75 Å². The summed E-state index contributed by atoms with van der Waals surface area (Å²) in [5, 5.41) is 2.85. The van der Waals surface area contributed by atoms with E-state index in [1.165, 1.54) is 0 Å². The molecule has 0 aliphatic rings. The summed E-state index contributed by atoms with van der Waals surface area (Å²) in [6, 6.07) is 9.09. The van der Waals surface area contributed by atoms with Crippen molar-refractivity contribution >= 4 is 5.97 Å². The summed E-state index contributed by atoms with van der Waals surface area (Å²) in [4.78, 5) is 11.5. The predicted molar refractivity (Wildman–Crippen MR) is 72.2 cm³/mol. The van der Waals surface area contributed by atoms with Gasteiger partial charge in [0.05, 0.1) is 19.8 Å². The van der Waals surface area contributed by atoms with Crippen LogP contribution in [0, 0.1) is 0 Å². The lowest BCUT2D eigenvalue weighted by atomic mass is 10.3. The first-order valence-electron chi connectivity index (χ1n) is 6.37. The summed E-state index contributed by atoms with van der Waals surface area (Å²) < 4.78 is 15.8. The summed E-state index contributed by atoms with van der Waals surface area (Å²) >= 11 is 0. The van der Waals surface area contributed by atoms with Crippen molar-refractivity contribution in [2.45, 2.75) is 13.0 Å². The molecule has 1 N–H and O–H groups in total. The van der Waals surface area contributed by atoms with Gasteiger partial charge >= 0.3 is 5.97 Å². The van der Waals surface area contributed by atoms with Crippen molar-refractivity contribution in [3.8, 4) is 5.75 Å². The summed E-state index contributed by atoms with van der Waals surface area (Å²) in [5.41, 5.74) is 0. The molecule has 0 bridgehead atoms. The lowest BCUT2D eigenvalue weighted by Crippen LogP contribution is -2.39. The number of likely N-dealkylation sites (N-methyl/N-ethyl adjacent to an activating group) is 1. The van der Waals surface area contributed by atoms with E-state index in [1.54, 1.807) is 14.0 Å². The number of benzene rings is 1. The number of esters is 1. The smallest absolute Gasteiger partial charge is 0.325 e. The van der Waals surface area contributed by atoms with E-state index in [4.69, 9.17) is 14.2 Å². The minimum Gasteiger partial charge on any atom is -0.491 e. The SMILES string of the molecule is CCOC(=O)C(COCCOc1ccccc1)NC. The average molecular weight is 267 g/mol. The van der Waals surface area contributed by atoms with Crippen LogP contribution in [0.25, 0.3) is 0 Å². The van der Waals surface area contributed by atoms with Gasteiger partial charge in [-0.3, -0.25) is 4.79 Å². The van der Waals surface area contributed by atoms with Crippen LogP contribution in [-0.2, 0) is 14.3 Å². The van der Waals surface area contributed by atoms with Crippen molar-refractivity contribution in [1.82, 2.24) is 5.32 Å². The maximum absolute atomic E-state index is 11.5. The van der Waals surface area contributed by atoms with Crippen molar-refractivity contribution in [3.63, 3.8) is 0 Å². The van der Waals surface area contributed by atoms with Gasteiger partial charge in [-0.15, -0.1) is 0 Å². The molecule has 0 aliphatic carbocycles. The molecule has 0 heterocycles. The van der Waals surface area contributed by atoms with Crippen LogP contribution in [0.5, 0.6) is 5.75 Å². The predicted octanol–water partition coefficient (Wildman–Crippen LogP) is 1.23. The molecule has 106 valence electrons. The third-order valence-electron chi connectivity index (χ3n) is 2.44. The number of carbonyl (C=O) groups excluding carboxylic acids is 1. The van der Waals surface area contributed by atoms with E-state index in [2.05, 4.69) is 5.32 Å². The Morgan fingerprint density at radius 2 is 2.00 bits per heavy atom.